The number of guanidine groups is 1. The fourth-order valence-corrected chi connectivity index (χ4v) is 5.21. The first-order valence-electron chi connectivity index (χ1n) is 12.8. The summed E-state index contributed by atoms with van der Waals surface area (Å²) in [5.74, 6) is -1.75. The van der Waals surface area contributed by atoms with Crippen LogP contribution in [0.25, 0.3) is 11.1 Å². The Labute approximate surface area is 227 Å². The van der Waals surface area contributed by atoms with Gasteiger partial charge in [0.05, 0.1) is 23.6 Å². The van der Waals surface area contributed by atoms with Gasteiger partial charge in [0.15, 0.2) is 11.7 Å². The van der Waals surface area contributed by atoms with E-state index in [1.165, 1.54) is 4.90 Å². The van der Waals surface area contributed by atoms with Crippen molar-refractivity contribution in [3.8, 4) is 11.1 Å². The fourth-order valence-electron chi connectivity index (χ4n) is 5.21. The monoisotopic (exact) mass is 527 g/mol. The van der Waals surface area contributed by atoms with Gasteiger partial charge in [0.25, 0.3) is 0 Å². The van der Waals surface area contributed by atoms with Crippen molar-refractivity contribution in [2.75, 3.05) is 13.1 Å². The van der Waals surface area contributed by atoms with Gasteiger partial charge in [-0.15, -0.1) is 0 Å². The van der Waals surface area contributed by atoms with Gasteiger partial charge in [0.1, 0.15) is 0 Å². The lowest BCUT2D eigenvalue weighted by molar-refractivity contribution is -0.146. The molecule has 0 aliphatic carbocycles. The first-order chi connectivity index (χ1) is 18.7. The Kier molecular flexibility index (Phi) is 8.41. The average Bonchev–Trinajstić information content (AvgIpc) is 3.19. The third-order valence-corrected chi connectivity index (χ3v) is 7.17. The van der Waals surface area contributed by atoms with Crippen LogP contribution in [0, 0.1) is 5.41 Å². The number of hydrogen-bond donors (Lipinski definition) is 4. The van der Waals surface area contributed by atoms with E-state index in [0.717, 1.165) is 23.1 Å². The average molecular weight is 528 g/mol. The van der Waals surface area contributed by atoms with Gasteiger partial charge in [-0.05, 0) is 48.1 Å². The van der Waals surface area contributed by atoms with Crippen LogP contribution in [0.2, 0.25) is 0 Å². The SMILES string of the molecule is NC[C@@]1(CC(=O)O)C[C@@H](C(=O)c2ccc(-c3cccc(N=C(N)N)c3)cc2)N(CCCc2ccccc2)C1=O. The summed E-state index contributed by atoms with van der Waals surface area (Å²) in [6, 6.07) is 23.5. The van der Waals surface area contributed by atoms with Crippen LogP contribution in [0.5, 0.6) is 0 Å². The van der Waals surface area contributed by atoms with Gasteiger partial charge in [-0.1, -0.05) is 66.7 Å². The number of aliphatic carboxylic acids is 1. The standard InChI is InChI=1S/C30H33N5O4/c31-19-30(18-26(36)37)17-25(35(28(30)39)15-5-8-20-6-2-1-3-7-20)27(38)22-13-11-21(12-14-22)23-9-4-10-24(16-23)34-29(32)33/h1-4,6-7,9-14,16,25H,5,8,15,17-19,31H2,(H,36,37)(H4,32,33,34)/t25-,30-/m0/s1. The molecular weight excluding hydrogens is 494 g/mol. The Morgan fingerprint density at radius 3 is 2.33 bits per heavy atom. The lowest BCUT2D eigenvalue weighted by Gasteiger charge is -2.25. The zero-order chi connectivity index (χ0) is 28.0. The number of amides is 1. The molecule has 9 heteroatoms. The van der Waals surface area contributed by atoms with E-state index in [4.69, 9.17) is 17.2 Å². The molecule has 1 heterocycles. The first kappa shape index (κ1) is 27.5. The summed E-state index contributed by atoms with van der Waals surface area (Å²) in [5, 5.41) is 9.51. The molecule has 1 aliphatic heterocycles. The maximum Gasteiger partial charge on any atom is 0.304 e. The van der Waals surface area contributed by atoms with Gasteiger partial charge in [-0.25, -0.2) is 4.99 Å². The van der Waals surface area contributed by atoms with Crippen LogP contribution < -0.4 is 17.2 Å². The Balaban J connectivity index is 1.57. The number of carboxylic acids is 1. The molecule has 0 bridgehead atoms. The van der Waals surface area contributed by atoms with E-state index in [1.54, 1.807) is 18.2 Å². The number of aliphatic imine (C=N–C) groups is 1. The zero-order valence-electron chi connectivity index (χ0n) is 21.6. The van der Waals surface area contributed by atoms with Gasteiger partial charge >= 0.3 is 5.97 Å². The highest BCUT2D eigenvalue weighted by atomic mass is 16.4. The van der Waals surface area contributed by atoms with Crippen molar-refractivity contribution in [2.45, 2.75) is 31.7 Å². The molecule has 9 nitrogen and oxygen atoms in total. The van der Waals surface area contributed by atoms with Gasteiger partial charge < -0.3 is 27.2 Å². The van der Waals surface area contributed by atoms with Crippen LogP contribution in [0.1, 0.15) is 35.2 Å². The van der Waals surface area contributed by atoms with Gasteiger partial charge in [-0.3, -0.25) is 14.4 Å². The number of nitrogens with zero attached hydrogens (tertiary/aromatic N) is 2. The minimum Gasteiger partial charge on any atom is -0.481 e. The number of hydrogen-bond acceptors (Lipinski definition) is 5. The number of aryl methyl sites for hydroxylation is 1. The van der Waals surface area contributed by atoms with Gasteiger partial charge in [0, 0.05) is 18.7 Å². The third-order valence-electron chi connectivity index (χ3n) is 7.17. The lowest BCUT2D eigenvalue weighted by Crippen LogP contribution is -2.43. The smallest absolute Gasteiger partial charge is 0.304 e. The molecule has 3 aromatic rings. The summed E-state index contributed by atoms with van der Waals surface area (Å²) in [5.41, 5.74) is 19.6. The quantitative estimate of drug-likeness (QED) is 0.169. The van der Waals surface area contributed by atoms with Crippen molar-refractivity contribution in [3.63, 3.8) is 0 Å². The van der Waals surface area contributed by atoms with Crippen molar-refractivity contribution in [3.05, 3.63) is 90.0 Å². The largest absolute Gasteiger partial charge is 0.481 e. The van der Waals surface area contributed by atoms with E-state index >= 15 is 0 Å². The van der Waals surface area contributed by atoms with E-state index in [2.05, 4.69) is 4.99 Å². The molecule has 1 saturated heterocycles. The highest BCUT2D eigenvalue weighted by Gasteiger charge is 2.53. The fraction of sp³-hybridized carbons (Fsp3) is 0.267. The van der Waals surface area contributed by atoms with Crippen molar-refractivity contribution in [1.82, 2.24) is 4.90 Å². The van der Waals surface area contributed by atoms with Crippen LogP contribution >= 0.6 is 0 Å². The van der Waals surface area contributed by atoms with Crippen molar-refractivity contribution in [1.29, 1.82) is 0 Å². The molecule has 7 N–H and O–H groups in total. The van der Waals surface area contributed by atoms with Gasteiger partial charge in [0.2, 0.25) is 5.91 Å². The molecule has 202 valence electrons. The highest BCUT2D eigenvalue weighted by Crippen LogP contribution is 2.40. The summed E-state index contributed by atoms with van der Waals surface area (Å²) in [4.78, 5) is 44.5. The molecule has 0 unspecified atom stereocenters. The second kappa shape index (κ2) is 11.9. The predicted molar refractivity (Wildman–Crippen MR) is 150 cm³/mol. The number of benzene rings is 3. The molecule has 0 spiro atoms. The van der Waals surface area contributed by atoms with Crippen LogP contribution in [-0.4, -0.2) is 52.8 Å². The molecular formula is C30H33N5O4. The van der Waals surface area contributed by atoms with E-state index in [-0.39, 0.29) is 30.6 Å². The second-order valence-electron chi connectivity index (χ2n) is 9.89. The van der Waals surface area contributed by atoms with E-state index < -0.39 is 23.8 Å². The number of nitrogens with two attached hydrogens (primary N) is 3. The second-order valence-corrected chi connectivity index (χ2v) is 9.89. The minimum atomic E-state index is -1.30. The molecule has 0 aromatic heterocycles. The maximum absolute atomic E-state index is 13.7. The number of carbonyl (C=O) groups excluding carboxylic acids is 2. The molecule has 3 aromatic carbocycles. The normalized spacial score (nSPS) is 18.6. The molecule has 4 rings (SSSR count). The number of carboxylic acid groups (broad SMARTS) is 1. The molecule has 2 atom stereocenters. The summed E-state index contributed by atoms with van der Waals surface area (Å²) in [6.07, 6.45) is 1.03. The summed E-state index contributed by atoms with van der Waals surface area (Å²) in [6.45, 7) is 0.198. The van der Waals surface area contributed by atoms with Crippen LogP contribution in [0.4, 0.5) is 5.69 Å². The molecule has 0 saturated carbocycles. The number of likely N-dealkylation sites (tertiary alicyclic amines) is 1. The van der Waals surface area contributed by atoms with E-state index in [1.807, 2.05) is 60.7 Å². The zero-order valence-corrected chi connectivity index (χ0v) is 21.6. The Bertz CT molecular complexity index is 1370. The van der Waals surface area contributed by atoms with Crippen LogP contribution in [0.3, 0.4) is 0 Å². The van der Waals surface area contributed by atoms with Crippen molar-refractivity contribution in [2.24, 2.45) is 27.6 Å². The topological polar surface area (TPSA) is 165 Å². The Morgan fingerprint density at radius 2 is 1.69 bits per heavy atom. The number of Topliss-reactive ketones (excluding diaryl/α,β-unsaturated/α-hetero) is 1. The lowest BCUT2D eigenvalue weighted by atomic mass is 9.80. The Hall–Kier alpha value is -4.50. The summed E-state index contributed by atoms with van der Waals surface area (Å²) >= 11 is 0. The molecule has 1 fully saturated rings. The molecule has 1 amide bonds. The molecule has 1 aliphatic rings. The molecule has 0 radical (unpaired) electrons. The highest BCUT2D eigenvalue weighted by molar-refractivity contribution is 6.05. The van der Waals surface area contributed by atoms with Crippen LogP contribution in [0.15, 0.2) is 83.9 Å². The number of ketones is 1. The summed E-state index contributed by atoms with van der Waals surface area (Å²) < 4.78 is 0. The van der Waals surface area contributed by atoms with Crippen LogP contribution in [-0.2, 0) is 16.0 Å². The van der Waals surface area contributed by atoms with Crippen molar-refractivity contribution < 1.29 is 19.5 Å². The van der Waals surface area contributed by atoms with E-state index in [9.17, 15) is 19.5 Å². The van der Waals surface area contributed by atoms with Gasteiger partial charge in [-0.2, -0.15) is 0 Å². The third kappa shape index (κ3) is 6.32. The van der Waals surface area contributed by atoms with Crippen molar-refractivity contribution >= 4 is 29.3 Å². The molecule has 39 heavy (non-hydrogen) atoms. The number of rotatable bonds is 11. The summed E-state index contributed by atoms with van der Waals surface area (Å²) in [7, 11) is 0. The predicted octanol–water partition coefficient (Wildman–Crippen LogP) is 3.09. The first-order valence-corrected chi connectivity index (χ1v) is 12.8. The maximum atomic E-state index is 13.7. The number of carbonyl (C=O) groups is 3. The Morgan fingerprint density at radius 1 is 0.974 bits per heavy atom. The van der Waals surface area contributed by atoms with E-state index in [0.29, 0.717) is 24.2 Å². The minimum absolute atomic E-state index is 0.0380.